The minimum Gasteiger partial charge on any atom is -0.459 e. The lowest BCUT2D eigenvalue weighted by atomic mass is 10.1. The molecule has 2 heterocycles. The zero-order valence-corrected chi connectivity index (χ0v) is 13.5. The Labute approximate surface area is 143 Å². The Kier molecular flexibility index (Phi) is 4.89. The Bertz CT molecular complexity index is 853. The van der Waals surface area contributed by atoms with Crippen LogP contribution in [0, 0.1) is 6.92 Å². The van der Waals surface area contributed by atoms with Crippen molar-refractivity contribution in [1.82, 2.24) is 21.0 Å². The zero-order chi connectivity index (χ0) is 17.6. The molecule has 0 aliphatic carbocycles. The molecule has 2 amide bonds. The van der Waals surface area contributed by atoms with E-state index in [-0.39, 0.29) is 24.5 Å². The maximum atomic E-state index is 11.8. The van der Waals surface area contributed by atoms with Crippen LogP contribution in [-0.4, -0.2) is 22.0 Å². The Morgan fingerprint density at radius 1 is 1.08 bits per heavy atom. The second kappa shape index (κ2) is 7.43. The fourth-order valence-corrected chi connectivity index (χ4v) is 2.05. The third kappa shape index (κ3) is 4.31. The van der Waals surface area contributed by atoms with E-state index in [0.717, 1.165) is 11.1 Å². The molecule has 3 aromatic rings. The predicted molar refractivity (Wildman–Crippen MR) is 87.1 cm³/mol. The molecule has 8 nitrogen and oxygen atoms in total. The number of rotatable bonds is 5. The van der Waals surface area contributed by atoms with Crippen molar-refractivity contribution in [3.05, 3.63) is 59.9 Å². The van der Waals surface area contributed by atoms with Crippen molar-refractivity contribution >= 4 is 11.8 Å². The minimum absolute atomic E-state index is 0.0912. The number of hydrogen-bond donors (Lipinski definition) is 2. The van der Waals surface area contributed by atoms with E-state index in [1.54, 1.807) is 6.07 Å². The van der Waals surface area contributed by atoms with E-state index in [2.05, 4.69) is 21.0 Å². The number of nitrogens with one attached hydrogen (secondary N) is 2. The van der Waals surface area contributed by atoms with Gasteiger partial charge in [0.1, 0.15) is 0 Å². The maximum Gasteiger partial charge on any atom is 0.305 e. The van der Waals surface area contributed by atoms with Crippen molar-refractivity contribution in [3.63, 3.8) is 0 Å². The first-order chi connectivity index (χ1) is 12.1. The van der Waals surface area contributed by atoms with E-state index in [1.165, 1.54) is 12.3 Å². The van der Waals surface area contributed by atoms with Gasteiger partial charge in [-0.2, -0.15) is 0 Å². The van der Waals surface area contributed by atoms with Crippen LogP contribution in [0.1, 0.15) is 28.4 Å². The number of nitrogens with zero attached hydrogens (tertiary/aromatic N) is 2. The number of hydrazine groups is 1. The molecule has 1 aromatic carbocycles. The first kappa shape index (κ1) is 16.4. The highest BCUT2D eigenvalue weighted by atomic mass is 16.4. The van der Waals surface area contributed by atoms with Gasteiger partial charge in [0.15, 0.2) is 5.76 Å². The van der Waals surface area contributed by atoms with Gasteiger partial charge in [0.2, 0.25) is 17.7 Å². The molecule has 0 unspecified atom stereocenters. The van der Waals surface area contributed by atoms with Crippen LogP contribution < -0.4 is 10.9 Å². The Hall–Kier alpha value is -3.42. The summed E-state index contributed by atoms with van der Waals surface area (Å²) in [5.74, 6) is -0.0441. The fraction of sp³-hybridized carbons (Fsp3) is 0.176. The van der Waals surface area contributed by atoms with E-state index in [9.17, 15) is 9.59 Å². The van der Waals surface area contributed by atoms with E-state index in [1.807, 2.05) is 31.2 Å². The molecule has 0 saturated heterocycles. The second-order valence-electron chi connectivity index (χ2n) is 5.35. The summed E-state index contributed by atoms with van der Waals surface area (Å²) in [7, 11) is 0. The Morgan fingerprint density at radius 3 is 2.60 bits per heavy atom. The van der Waals surface area contributed by atoms with Crippen LogP contribution in [0.4, 0.5) is 0 Å². The second-order valence-corrected chi connectivity index (χ2v) is 5.35. The molecule has 0 radical (unpaired) electrons. The molecule has 0 aliphatic rings. The fourth-order valence-electron chi connectivity index (χ4n) is 2.05. The topological polar surface area (TPSA) is 110 Å². The van der Waals surface area contributed by atoms with Gasteiger partial charge in [-0.3, -0.25) is 20.4 Å². The number of hydrogen-bond acceptors (Lipinski definition) is 6. The largest absolute Gasteiger partial charge is 0.459 e. The summed E-state index contributed by atoms with van der Waals surface area (Å²) >= 11 is 0. The van der Waals surface area contributed by atoms with Gasteiger partial charge in [-0.25, -0.2) is 0 Å². The highest BCUT2D eigenvalue weighted by Gasteiger charge is 2.12. The third-order valence-electron chi connectivity index (χ3n) is 3.39. The Morgan fingerprint density at radius 2 is 1.88 bits per heavy atom. The smallest absolute Gasteiger partial charge is 0.305 e. The van der Waals surface area contributed by atoms with Crippen LogP contribution in [0.15, 0.2) is 51.5 Å². The van der Waals surface area contributed by atoms with Gasteiger partial charge in [-0.1, -0.05) is 17.7 Å². The van der Waals surface area contributed by atoms with Crippen molar-refractivity contribution < 1.29 is 18.4 Å². The number of aryl methyl sites for hydroxylation is 2. The molecule has 0 bridgehead atoms. The number of amides is 2. The van der Waals surface area contributed by atoms with Crippen molar-refractivity contribution in [3.8, 4) is 11.5 Å². The first-order valence-corrected chi connectivity index (χ1v) is 7.64. The summed E-state index contributed by atoms with van der Waals surface area (Å²) < 4.78 is 10.5. The van der Waals surface area contributed by atoms with Crippen molar-refractivity contribution in [2.45, 2.75) is 19.8 Å². The zero-order valence-electron chi connectivity index (χ0n) is 13.5. The summed E-state index contributed by atoms with van der Waals surface area (Å²) in [5, 5.41) is 7.90. The average molecular weight is 340 g/mol. The molecule has 0 saturated carbocycles. The summed E-state index contributed by atoms with van der Waals surface area (Å²) in [6, 6.07) is 10.8. The normalized spacial score (nSPS) is 10.4. The quantitative estimate of drug-likeness (QED) is 0.688. The molecular formula is C17H16N4O4. The molecule has 25 heavy (non-hydrogen) atoms. The van der Waals surface area contributed by atoms with Gasteiger partial charge >= 0.3 is 5.91 Å². The van der Waals surface area contributed by atoms with Crippen molar-refractivity contribution in [2.24, 2.45) is 0 Å². The highest BCUT2D eigenvalue weighted by Crippen LogP contribution is 2.18. The van der Waals surface area contributed by atoms with Crippen LogP contribution in [-0.2, 0) is 11.2 Å². The van der Waals surface area contributed by atoms with Crippen LogP contribution in [0.25, 0.3) is 11.5 Å². The molecule has 3 rings (SSSR count). The third-order valence-corrected chi connectivity index (χ3v) is 3.39. The number of aromatic nitrogens is 2. The van der Waals surface area contributed by atoms with Gasteiger partial charge in [0.25, 0.3) is 0 Å². The SMILES string of the molecule is Cc1ccc(-c2nnc(CCC(=O)NNC(=O)c3ccco3)o2)cc1. The number of carbonyl (C=O) groups excluding carboxylic acids is 2. The maximum absolute atomic E-state index is 11.8. The number of benzene rings is 1. The molecular weight excluding hydrogens is 324 g/mol. The van der Waals surface area contributed by atoms with Gasteiger partial charge in [-0.15, -0.1) is 10.2 Å². The number of carbonyl (C=O) groups is 2. The lowest BCUT2D eigenvalue weighted by Gasteiger charge is -2.04. The van der Waals surface area contributed by atoms with Gasteiger partial charge in [0.05, 0.1) is 6.26 Å². The van der Waals surface area contributed by atoms with E-state index in [4.69, 9.17) is 8.83 Å². The molecule has 8 heteroatoms. The molecule has 0 atom stereocenters. The summed E-state index contributed by atoms with van der Waals surface area (Å²) in [6.45, 7) is 1.99. The van der Waals surface area contributed by atoms with Crippen LogP contribution in [0.2, 0.25) is 0 Å². The summed E-state index contributed by atoms with van der Waals surface area (Å²) in [6.07, 6.45) is 1.73. The first-order valence-electron chi connectivity index (χ1n) is 7.64. The highest BCUT2D eigenvalue weighted by molar-refractivity contribution is 5.92. The molecule has 0 fully saturated rings. The van der Waals surface area contributed by atoms with Gasteiger partial charge < -0.3 is 8.83 Å². The van der Waals surface area contributed by atoms with E-state index in [0.29, 0.717) is 11.8 Å². The van der Waals surface area contributed by atoms with E-state index < -0.39 is 5.91 Å². The predicted octanol–water partition coefficient (Wildman–Crippen LogP) is 2.03. The van der Waals surface area contributed by atoms with Crippen LogP contribution in [0.5, 0.6) is 0 Å². The molecule has 0 spiro atoms. The summed E-state index contributed by atoms with van der Waals surface area (Å²) in [4.78, 5) is 23.4. The average Bonchev–Trinajstić information content (AvgIpc) is 3.30. The molecule has 2 aromatic heterocycles. The number of furan rings is 1. The molecule has 0 aliphatic heterocycles. The molecule has 128 valence electrons. The van der Waals surface area contributed by atoms with Gasteiger partial charge in [0, 0.05) is 18.4 Å². The molecule has 2 N–H and O–H groups in total. The monoisotopic (exact) mass is 340 g/mol. The van der Waals surface area contributed by atoms with Crippen LogP contribution >= 0.6 is 0 Å². The summed E-state index contributed by atoms with van der Waals surface area (Å²) in [5.41, 5.74) is 6.51. The van der Waals surface area contributed by atoms with Gasteiger partial charge in [-0.05, 0) is 31.2 Å². The lowest BCUT2D eigenvalue weighted by molar-refractivity contribution is -0.121. The van der Waals surface area contributed by atoms with E-state index >= 15 is 0 Å². The Balaban J connectivity index is 1.48. The minimum atomic E-state index is -0.530. The van der Waals surface area contributed by atoms with Crippen molar-refractivity contribution in [2.75, 3.05) is 0 Å². The standard InChI is InChI=1S/C17H16N4O4/c1-11-4-6-12(7-5-11)17-21-19-15(25-17)9-8-14(22)18-20-16(23)13-3-2-10-24-13/h2-7,10H,8-9H2,1H3,(H,18,22)(H,20,23). The van der Waals surface area contributed by atoms with Crippen molar-refractivity contribution in [1.29, 1.82) is 0 Å². The lowest BCUT2D eigenvalue weighted by Crippen LogP contribution is -2.41. The van der Waals surface area contributed by atoms with Crippen LogP contribution in [0.3, 0.4) is 0 Å².